The number of aromatic nitrogens is 2. The predicted octanol–water partition coefficient (Wildman–Crippen LogP) is 0.438. The van der Waals surface area contributed by atoms with Crippen LogP contribution in [0.5, 0.6) is 0 Å². The molecule has 0 aliphatic carbocycles. The molecule has 2 aromatic rings. The van der Waals surface area contributed by atoms with Gasteiger partial charge in [0.15, 0.2) is 5.82 Å². The van der Waals surface area contributed by atoms with Crippen molar-refractivity contribution in [2.45, 2.75) is 0 Å². The largest absolute Gasteiger partial charge is 0.378 e. The lowest BCUT2D eigenvalue weighted by molar-refractivity contribution is 0.122. The first-order chi connectivity index (χ1) is 15.6. The monoisotopic (exact) mass is 438 g/mol. The number of rotatable bonds is 4. The smallest absolute Gasteiger partial charge is 0.227 e. The Morgan fingerprint density at radius 2 is 1.69 bits per heavy atom. The highest BCUT2D eigenvalue weighted by Crippen LogP contribution is 2.19. The van der Waals surface area contributed by atoms with E-state index in [9.17, 15) is 0 Å². The Balaban J connectivity index is 1.37. The Bertz CT molecular complexity index is 947. The fourth-order valence-corrected chi connectivity index (χ4v) is 3.58. The van der Waals surface area contributed by atoms with Crippen LogP contribution in [0.25, 0.3) is 0 Å². The molecule has 2 aliphatic rings. The van der Waals surface area contributed by atoms with Gasteiger partial charge in [-0.1, -0.05) is 0 Å². The molecule has 1 aromatic heterocycles. The molecule has 0 unspecified atom stereocenters. The number of nitrogens with one attached hydrogen (secondary N) is 1. The van der Waals surface area contributed by atoms with Crippen LogP contribution < -0.4 is 26.6 Å². The van der Waals surface area contributed by atoms with Gasteiger partial charge in [-0.2, -0.15) is 15.0 Å². The van der Waals surface area contributed by atoms with Crippen LogP contribution in [0.15, 0.2) is 46.5 Å². The molecule has 2 aliphatic heterocycles. The van der Waals surface area contributed by atoms with Crippen molar-refractivity contribution in [2.75, 3.05) is 74.6 Å². The number of nitrogens with two attached hydrogens (primary N) is 2. The summed E-state index contributed by atoms with van der Waals surface area (Å²) in [5.41, 5.74) is 13.9. The summed E-state index contributed by atoms with van der Waals surface area (Å²) in [4.78, 5) is 23.9. The van der Waals surface area contributed by atoms with Crippen LogP contribution in [0.4, 0.5) is 23.1 Å². The van der Waals surface area contributed by atoms with Crippen molar-refractivity contribution in [1.82, 2.24) is 14.9 Å². The van der Waals surface area contributed by atoms with Gasteiger partial charge in [0.2, 0.25) is 17.9 Å². The first kappa shape index (κ1) is 21.8. The number of benzene rings is 1. The molecule has 1 aromatic carbocycles. The Morgan fingerprint density at radius 1 is 0.969 bits per heavy atom. The van der Waals surface area contributed by atoms with Crippen molar-refractivity contribution in [1.29, 1.82) is 0 Å². The number of morpholine rings is 1. The van der Waals surface area contributed by atoms with Crippen LogP contribution in [-0.2, 0) is 4.74 Å². The molecule has 0 radical (unpaired) electrons. The molecular formula is C21H30N10O. The van der Waals surface area contributed by atoms with Crippen molar-refractivity contribution in [3.63, 3.8) is 0 Å². The van der Waals surface area contributed by atoms with Crippen LogP contribution in [0.3, 0.4) is 0 Å². The van der Waals surface area contributed by atoms with E-state index in [-0.39, 0.29) is 11.9 Å². The quantitative estimate of drug-likeness (QED) is 0.459. The lowest BCUT2D eigenvalue weighted by Crippen LogP contribution is -2.45. The Kier molecular flexibility index (Phi) is 6.97. The van der Waals surface area contributed by atoms with E-state index in [1.807, 2.05) is 24.3 Å². The van der Waals surface area contributed by atoms with Gasteiger partial charge >= 0.3 is 0 Å². The van der Waals surface area contributed by atoms with E-state index in [4.69, 9.17) is 16.2 Å². The second kappa shape index (κ2) is 10.2. The molecular weight excluding hydrogens is 408 g/mol. The normalized spacial score (nSPS) is 18.7. The van der Waals surface area contributed by atoms with Crippen molar-refractivity contribution in [3.05, 3.63) is 36.5 Å². The van der Waals surface area contributed by atoms with Gasteiger partial charge in [-0.15, -0.1) is 0 Å². The first-order valence-electron chi connectivity index (χ1n) is 10.7. The minimum atomic E-state index is 0.0166. The fourth-order valence-electron chi connectivity index (χ4n) is 3.58. The van der Waals surface area contributed by atoms with E-state index in [0.29, 0.717) is 11.8 Å². The number of anilines is 3. The van der Waals surface area contributed by atoms with Crippen LogP contribution in [0, 0.1) is 0 Å². The van der Waals surface area contributed by atoms with Gasteiger partial charge in [-0.25, -0.2) is 4.98 Å². The molecule has 11 nitrogen and oxygen atoms in total. The van der Waals surface area contributed by atoms with Gasteiger partial charge < -0.3 is 36.2 Å². The molecule has 4 rings (SSSR count). The zero-order valence-corrected chi connectivity index (χ0v) is 18.3. The molecule has 2 fully saturated rings. The highest BCUT2D eigenvalue weighted by atomic mass is 16.5. The summed E-state index contributed by atoms with van der Waals surface area (Å²) in [5, 5.41) is 3.03. The van der Waals surface area contributed by atoms with Gasteiger partial charge in [0.25, 0.3) is 0 Å². The molecule has 2 saturated heterocycles. The van der Waals surface area contributed by atoms with E-state index >= 15 is 0 Å². The van der Waals surface area contributed by atoms with E-state index in [1.165, 1.54) is 0 Å². The molecule has 5 N–H and O–H groups in total. The number of hydrogen-bond acceptors (Lipinski definition) is 7. The summed E-state index contributed by atoms with van der Waals surface area (Å²) in [6.45, 7) is 6.98. The van der Waals surface area contributed by atoms with E-state index in [1.54, 1.807) is 12.3 Å². The maximum atomic E-state index is 6.01. The van der Waals surface area contributed by atoms with Gasteiger partial charge in [-0.3, -0.25) is 0 Å². The number of hydrogen-bond donors (Lipinski definition) is 3. The number of ether oxygens (including phenoxy) is 1. The minimum Gasteiger partial charge on any atom is -0.378 e. The Labute approximate surface area is 187 Å². The van der Waals surface area contributed by atoms with Crippen molar-refractivity contribution >= 4 is 35.1 Å². The maximum Gasteiger partial charge on any atom is 0.227 e. The number of nitrogens with zero attached hydrogens (tertiary/aromatic N) is 7. The van der Waals surface area contributed by atoms with Crippen molar-refractivity contribution in [3.8, 4) is 0 Å². The zero-order valence-electron chi connectivity index (χ0n) is 18.3. The summed E-state index contributed by atoms with van der Waals surface area (Å²) in [6, 6.07) is 9.68. The van der Waals surface area contributed by atoms with Gasteiger partial charge in [0, 0.05) is 62.9 Å². The molecule has 0 saturated carbocycles. The van der Waals surface area contributed by atoms with Crippen molar-refractivity contribution in [2.24, 2.45) is 21.5 Å². The van der Waals surface area contributed by atoms with Gasteiger partial charge in [0.05, 0.1) is 13.2 Å². The van der Waals surface area contributed by atoms with Gasteiger partial charge in [-0.05, 0) is 31.3 Å². The van der Waals surface area contributed by atoms with Crippen molar-refractivity contribution < 1.29 is 4.74 Å². The number of likely N-dealkylation sites (N-methyl/N-ethyl adjacent to an activating group) is 1. The van der Waals surface area contributed by atoms with E-state index in [0.717, 1.165) is 63.9 Å². The summed E-state index contributed by atoms with van der Waals surface area (Å²) < 4.78 is 5.40. The lowest BCUT2D eigenvalue weighted by Gasteiger charge is -2.32. The Morgan fingerprint density at radius 3 is 2.41 bits per heavy atom. The second-order valence-corrected chi connectivity index (χ2v) is 7.74. The summed E-state index contributed by atoms with van der Waals surface area (Å²) in [6.07, 6.45) is 1.67. The average Bonchev–Trinajstić information content (AvgIpc) is 2.80. The number of piperazine rings is 1. The molecule has 32 heavy (non-hydrogen) atoms. The predicted molar refractivity (Wildman–Crippen MR) is 128 cm³/mol. The van der Waals surface area contributed by atoms with Crippen LogP contribution >= 0.6 is 0 Å². The lowest BCUT2D eigenvalue weighted by atomic mass is 10.2. The first-order valence-corrected chi connectivity index (χ1v) is 10.7. The third-order valence-corrected chi connectivity index (χ3v) is 5.39. The minimum absolute atomic E-state index is 0.0166. The maximum absolute atomic E-state index is 6.01. The molecule has 0 spiro atoms. The number of aliphatic imine (C=N–C) groups is 2. The zero-order chi connectivity index (χ0) is 22.3. The molecule has 0 atom stereocenters. The van der Waals surface area contributed by atoms with Crippen LogP contribution in [-0.4, -0.2) is 86.3 Å². The molecule has 3 heterocycles. The summed E-state index contributed by atoms with van der Waals surface area (Å²) >= 11 is 0. The van der Waals surface area contributed by atoms with Crippen LogP contribution in [0.1, 0.15) is 0 Å². The average molecular weight is 439 g/mol. The molecule has 0 amide bonds. The third kappa shape index (κ3) is 5.83. The highest BCUT2D eigenvalue weighted by molar-refractivity contribution is 6.01. The standard InChI is InChI=1S/C21H30N10O/c1-29-8-10-31(11-9-29)21-24-7-6-18(27-21)26-20(23)28-19(22)25-16-2-4-17(5-3-16)30-12-14-32-15-13-30/h2-7H,8-15H2,1H3,(H5,22,23,24,25,26,27,28). The molecule has 11 heteroatoms. The van der Waals surface area contributed by atoms with Crippen LogP contribution in [0.2, 0.25) is 0 Å². The molecule has 170 valence electrons. The highest BCUT2D eigenvalue weighted by Gasteiger charge is 2.16. The fraction of sp³-hybridized carbons (Fsp3) is 0.429. The third-order valence-electron chi connectivity index (χ3n) is 5.39. The Hall–Kier alpha value is -3.44. The number of guanidine groups is 2. The SMILES string of the molecule is CN1CCN(c2nccc(N=C(N)N=C(N)Nc3ccc(N4CCOCC4)cc3)n2)CC1. The second-order valence-electron chi connectivity index (χ2n) is 7.74. The van der Waals surface area contributed by atoms with E-state index < -0.39 is 0 Å². The summed E-state index contributed by atoms with van der Waals surface area (Å²) in [7, 11) is 2.11. The summed E-state index contributed by atoms with van der Waals surface area (Å²) in [5.74, 6) is 1.25. The molecule has 0 bridgehead atoms. The van der Waals surface area contributed by atoms with Gasteiger partial charge in [0.1, 0.15) is 0 Å². The van der Waals surface area contributed by atoms with E-state index in [2.05, 4.69) is 47.0 Å². The topological polar surface area (TPSA) is 134 Å².